The Morgan fingerprint density at radius 2 is 2.16 bits per heavy atom. The summed E-state index contributed by atoms with van der Waals surface area (Å²) in [5.41, 5.74) is 1.22. The Labute approximate surface area is 115 Å². The molecule has 2 heterocycles. The second kappa shape index (κ2) is 7.10. The standard InChI is InChI=1S/C16H22N2O/c1-13(2)15(16-6-4-10-19-16)7-9-18-12-14-5-3-8-17-11-14/h3-6,8,10-11,13,15,18H,7,9,12H2,1-2H3/t15-/m1/s1. The molecule has 2 aromatic rings. The molecule has 3 nitrogen and oxygen atoms in total. The molecule has 0 aliphatic heterocycles. The average Bonchev–Trinajstić information content (AvgIpc) is 2.93. The lowest BCUT2D eigenvalue weighted by Crippen LogP contribution is -2.19. The minimum absolute atomic E-state index is 0.483. The molecule has 0 aromatic carbocycles. The van der Waals surface area contributed by atoms with Crippen LogP contribution in [0.3, 0.4) is 0 Å². The number of hydrogen-bond donors (Lipinski definition) is 1. The fourth-order valence-electron chi connectivity index (χ4n) is 2.30. The van der Waals surface area contributed by atoms with Crippen LogP contribution < -0.4 is 5.32 Å². The Morgan fingerprint density at radius 1 is 1.26 bits per heavy atom. The smallest absolute Gasteiger partial charge is 0.107 e. The van der Waals surface area contributed by atoms with Gasteiger partial charge in [-0.05, 0) is 42.6 Å². The fourth-order valence-corrected chi connectivity index (χ4v) is 2.30. The maximum atomic E-state index is 5.53. The lowest BCUT2D eigenvalue weighted by molar-refractivity contribution is 0.372. The number of nitrogens with zero attached hydrogens (tertiary/aromatic N) is 1. The third-order valence-electron chi connectivity index (χ3n) is 3.40. The number of pyridine rings is 1. The third-order valence-corrected chi connectivity index (χ3v) is 3.40. The van der Waals surface area contributed by atoms with Crippen LogP contribution in [-0.2, 0) is 6.54 Å². The molecular weight excluding hydrogens is 236 g/mol. The van der Waals surface area contributed by atoms with E-state index in [0.29, 0.717) is 11.8 Å². The highest BCUT2D eigenvalue weighted by molar-refractivity contribution is 5.08. The van der Waals surface area contributed by atoms with Crippen molar-refractivity contribution in [1.82, 2.24) is 10.3 Å². The van der Waals surface area contributed by atoms with Crippen LogP contribution in [0.25, 0.3) is 0 Å². The molecule has 19 heavy (non-hydrogen) atoms. The maximum absolute atomic E-state index is 5.53. The van der Waals surface area contributed by atoms with Gasteiger partial charge < -0.3 is 9.73 Å². The summed E-state index contributed by atoms with van der Waals surface area (Å²) in [5.74, 6) is 2.17. The predicted molar refractivity (Wildman–Crippen MR) is 76.8 cm³/mol. The van der Waals surface area contributed by atoms with Gasteiger partial charge in [0.25, 0.3) is 0 Å². The van der Waals surface area contributed by atoms with Crippen molar-refractivity contribution in [2.75, 3.05) is 6.54 Å². The van der Waals surface area contributed by atoms with E-state index >= 15 is 0 Å². The van der Waals surface area contributed by atoms with Crippen LogP contribution in [0.5, 0.6) is 0 Å². The Bertz CT molecular complexity index is 451. The van der Waals surface area contributed by atoms with Gasteiger partial charge in [0.05, 0.1) is 6.26 Å². The Morgan fingerprint density at radius 3 is 2.79 bits per heavy atom. The topological polar surface area (TPSA) is 38.1 Å². The summed E-state index contributed by atoms with van der Waals surface area (Å²) in [6.07, 6.45) is 6.55. The summed E-state index contributed by atoms with van der Waals surface area (Å²) >= 11 is 0. The number of hydrogen-bond acceptors (Lipinski definition) is 3. The molecule has 0 unspecified atom stereocenters. The van der Waals surface area contributed by atoms with Crippen molar-refractivity contribution in [2.24, 2.45) is 5.92 Å². The molecule has 3 heteroatoms. The van der Waals surface area contributed by atoms with Gasteiger partial charge in [-0.2, -0.15) is 0 Å². The monoisotopic (exact) mass is 258 g/mol. The van der Waals surface area contributed by atoms with E-state index in [0.717, 1.165) is 25.3 Å². The van der Waals surface area contributed by atoms with Crippen LogP contribution in [0.1, 0.15) is 37.5 Å². The van der Waals surface area contributed by atoms with Crippen LogP contribution in [0.4, 0.5) is 0 Å². The van der Waals surface area contributed by atoms with Crippen molar-refractivity contribution in [3.8, 4) is 0 Å². The highest BCUT2D eigenvalue weighted by Crippen LogP contribution is 2.27. The Balaban J connectivity index is 1.77. The van der Waals surface area contributed by atoms with Gasteiger partial charge in [-0.3, -0.25) is 4.98 Å². The van der Waals surface area contributed by atoms with Gasteiger partial charge in [0.15, 0.2) is 0 Å². The van der Waals surface area contributed by atoms with Crippen LogP contribution in [-0.4, -0.2) is 11.5 Å². The molecule has 0 fully saturated rings. The zero-order chi connectivity index (χ0) is 13.5. The van der Waals surface area contributed by atoms with E-state index in [4.69, 9.17) is 4.42 Å². The van der Waals surface area contributed by atoms with Gasteiger partial charge in [0, 0.05) is 24.9 Å². The van der Waals surface area contributed by atoms with Crippen molar-refractivity contribution in [1.29, 1.82) is 0 Å². The summed E-state index contributed by atoms with van der Waals surface area (Å²) in [5, 5.41) is 3.47. The van der Waals surface area contributed by atoms with Gasteiger partial charge >= 0.3 is 0 Å². The van der Waals surface area contributed by atoms with Crippen molar-refractivity contribution >= 4 is 0 Å². The Hall–Kier alpha value is -1.61. The molecule has 2 rings (SSSR count). The van der Waals surface area contributed by atoms with Gasteiger partial charge in [-0.1, -0.05) is 19.9 Å². The van der Waals surface area contributed by atoms with Crippen molar-refractivity contribution in [3.05, 3.63) is 54.2 Å². The van der Waals surface area contributed by atoms with Crippen LogP contribution in [0.2, 0.25) is 0 Å². The number of nitrogens with one attached hydrogen (secondary N) is 1. The SMILES string of the molecule is CC(C)[C@@H](CCNCc1cccnc1)c1ccco1. The van der Waals surface area contributed by atoms with E-state index in [9.17, 15) is 0 Å². The van der Waals surface area contributed by atoms with Gasteiger partial charge in [0.1, 0.15) is 5.76 Å². The summed E-state index contributed by atoms with van der Waals surface area (Å²) in [7, 11) is 0. The minimum atomic E-state index is 0.483. The molecule has 0 bridgehead atoms. The van der Waals surface area contributed by atoms with Crippen molar-refractivity contribution in [2.45, 2.75) is 32.7 Å². The number of aromatic nitrogens is 1. The molecule has 2 aromatic heterocycles. The summed E-state index contributed by atoms with van der Waals surface area (Å²) < 4.78 is 5.53. The normalized spacial score (nSPS) is 12.8. The zero-order valence-corrected chi connectivity index (χ0v) is 11.7. The molecular formula is C16H22N2O. The fraction of sp³-hybridized carbons (Fsp3) is 0.438. The van der Waals surface area contributed by atoms with E-state index in [1.54, 1.807) is 12.5 Å². The average molecular weight is 258 g/mol. The molecule has 0 spiro atoms. The van der Waals surface area contributed by atoms with E-state index < -0.39 is 0 Å². The molecule has 1 atom stereocenters. The van der Waals surface area contributed by atoms with Crippen molar-refractivity contribution in [3.63, 3.8) is 0 Å². The minimum Gasteiger partial charge on any atom is -0.469 e. The lowest BCUT2D eigenvalue weighted by Gasteiger charge is -2.18. The lowest BCUT2D eigenvalue weighted by atomic mass is 9.90. The highest BCUT2D eigenvalue weighted by Gasteiger charge is 2.17. The second-order valence-electron chi connectivity index (χ2n) is 5.19. The van der Waals surface area contributed by atoms with Crippen LogP contribution in [0, 0.1) is 5.92 Å². The van der Waals surface area contributed by atoms with Crippen LogP contribution >= 0.6 is 0 Å². The first-order valence-electron chi connectivity index (χ1n) is 6.90. The summed E-state index contributed by atoms with van der Waals surface area (Å²) in [6.45, 7) is 6.35. The summed E-state index contributed by atoms with van der Waals surface area (Å²) in [6, 6.07) is 8.10. The first-order valence-corrected chi connectivity index (χ1v) is 6.90. The largest absolute Gasteiger partial charge is 0.469 e. The van der Waals surface area contributed by atoms with Crippen molar-refractivity contribution < 1.29 is 4.42 Å². The zero-order valence-electron chi connectivity index (χ0n) is 11.7. The van der Waals surface area contributed by atoms with Gasteiger partial charge in [0.2, 0.25) is 0 Å². The molecule has 0 saturated heterocycles. The van der Waals surface area contributed by atoms with E-state index in [-0.39, 0.29) is 0 Å². The van der Waals surface area contributed by atoms with Crippen LogP contribution in [0.15, 0.2) is 47.3 Å². The molecule has 1 N–H and O–H groups in total. The molecule has 0 aliphatic carbocycles. The van der Waals surface area contributed by atoms with Gasteiger partial charge in [-0.25, -0.2) is 0 Å². The van der Waals surface area contributed by atoms with Gasteiger partial charge in [-0.15, -0.1) is 0 Å². The third kappa shape index (κ3) is 4.21. The molecule has 0 radical (unpaired) electrons. The first kappa shape index (κ1) is 13.8. The van der Waals surface area contributed by atoms with E-state index in [1.807, 2.05) is 18.3 Å². The quantitative estimate of drug-likeness (QED) is 0.771. The highest BCUT2D eigenvalue weighted by atomic mass is 16.3. The maximum Gasteiger partial charge on any atom is 0.107 e. The van der Waals surface area contributed by atoms with E-state index in [1.165, 1.54) is 5.56 Å². The molecule has 0 aliphatic rings. The Kier molecular flexibility index (Phi) is 5.16. The number of furan rings is 1. The first-order chi connectivity index (χ1) is 9.27. The second-order valence-corrected chi connectivity index (χ2v) is 5.19. The molecule has 0 saturated carbocycles. The summed E-state index contributed by atoms with van der Waals surface area (Å²) in [4.78, 5) is 4.11. The predicted octanol–water partition coefficient (Wildman–Crippen LogP) is 3.59. The van der Waals surface area contributed by atoms with E-state index in [2.05, 4.69) is 36.3 Å². The molecule has 102 valence electrons. The number of rotatable bonds is 7. The molecule has 0 amide bonds.